The third kappa shape index (κ3) is 2.95. The van der Waals surface area contributed by atoms with Crippen molar-refractivity contribution >= 4 is 6.08 Å². The Morgan fingerprint density at radius 3 is 2.50 bits per heavy atom. The molecule has 14 heavy (non-hydrogen) atoms. The summed E-state index contributed by atoms with van der Waals surface area (Å²) in [7, 11) is 0. The van der Waals surface area contributed by atoms with Gasteiger partial charge < -0.3 is 0 Å². The molecule has 2 unspecified atom stereocenters. The van der Waals surface area contributed by atoms with Crippen LogP contribution in [-0.2, 0) is 4.79 Å². The van der Waals surface area contributed by atoms with Crippen molar-refractivity contribution < 1.29 is 4.79 Å². The molecule has 0 aromatic heterocycles. The van der Waals surface area contributed by atoms with Gasteiger partial charge in [0, 0.05) is 0 Å². The number of carbonyl (C=O) groups excluding carboxylic acids is 1. The quantitative estimate of drug-likeness (QED) is 0.491. The summed E-state index contributed by atoms with van der Waals surface area (Å²) in [5.74, 6) is 0.741. The van der Waals surface area contributed by atoms with Crippen LogP contribution in [0.2, 0.25) is 0 Å². The number of nitrogens with zero attached hydrogens (tertiary/aromatic N) is 1. The molecule has 0 bridgehead atoms. The van der Waals surface area contributed by atoms with Crippen molar-refractivity contribution in [1.82, 2.24) is 0 Å². The average Bonchev–Trinajstić information content (AvgIpc) is 1.96. The highest BCUT2D eigenvalue weighted by Crippen LogP contribution is 2.48. The van der Waals surface area contributed by atoms with E-state index in [0.29, 0.717) is 12.0 Å². The first kappa shape index (κ1) is 11.5. The van der Waals surface area contributed by atoms with Gasteiger partial charge in [-0.25, -0.2) is 9.79 Å². The standard InChI is InChI=1S/C12H21NO/c1-10-5-11(2,3)7-12(4,6-10)8-13-9-14/h10H,5-8H2,1-4H3. The molecule has 0 aromatic rings. The largest absolute Gasteiger partial charge is 0.234 e. The van der Waals surface area contributed by atoms with Crippen molar-refractivity contribution in [3.63, 3.8) is 0 Å². The van der Waals surface area contributed by atoms with E-state index in [0.717, 1.165) is 12.3 Å². The number of hydrogen-bond acceptors (Lipinski definition) is 2. The molecule has 1 aliphatic rings. The van der Waals surface area contributed by atoms with E-state index in [-0.39, 0.29) is 5.41 Å². The fourth-order valence-electron chi connectivity index (χ4n) is 3.50. The van der Waals surface area contributed by atoms with E-state index in [9.17, 15) is 4.79 Å². The predicted molar refractivity (Wildman–Crippen MR) is 57.9 cm³/mol. The average molecular weight is 195 g/mol. The SMILES string of the molecule is CC1CC(C)(C)CC(C)(CN=C=O)C1. The van der Waals surface area contributed by atoms with E-state index in [4.69, 9.17) is 0 Å². The lowest BCUT2D eigenvalue weighted by molar-refractivity contribution is 0.0680. The molecule has 1 aliphatic carbocycles. The summed E-state index contributed by atoms with van der Waals surface area (Å²) in [6.45, 7) is 9.80. The lowest BCUT2D eigenvalue weighted by Crippen LogP contribution is -2.36. The highest BCUT2D eigenvalue weighted by Gasteiger charge is 2.39. The second kappa shape index (κ2) is 3.86. The Labute approximate surface area is 86.8 Å². The van der Waals surface area contributed by atoms with Gasteiger partial charge in [0.2, 0.25) is 6.08 Å². The summed E-state index contributed by atoms with van der Waals surface area (Å²) in [6, 6.07) is 0. The summed E-state index contributed by atoms with van der Waals surface area (Å²) in [6.07, 6.45) is 5.29. The van der Waals surface area contributed by atoms with Crippen LogP contribution in [-0.4, -0.2) is 12.6 Å². The zero-order chi connectivity index (χ0) is 10.8. The van der Waals surface area contributed by atoms with Crippen molar-refractivity contribution in [3.8, 4) is 0 Å². The fraction of sp³-hybridized carbons (Fsp3) is 0.917. The van der Waals surface area contributed by atoms with Crippen molar-refractivity contribution in [2.75, 3.05) is 6.54 Å². The molecule has 0 heterocycles. The minimum atomic E-state index is 0.207. The minimum absolute atomic E-state index is 0.207. The molecule has 0 amide bonds. The maximum absolute atomic E-state index is 10.1. The summed E-state index contributed by atoms with van der Waals surface area (Å²) in [5, 5.41) is 0. The van der Waals surface area contributed by atoms with Gasteiger partial charge in [-0.1, -0.05) is 27.7 Å². The third-order valence-electron chi connectivity index (χ3n) is 3.17. The van der Waals surface area contributed by atoms with Crippen LogP contribution >= 0.6 is 0 Å². The number of hydrogen-bond donors (Lipinski definition) is 0. The summed E-state index contributed by atoms with van der Waals surface area (Å²) in [5.41, 5.74) is 0.601. The summed E-state index contributed by atoms with van der Waals surface area (Å²) < 4.78 is 0. The molecule has 0 aromatic carbocycles. The predicted octanol–water partition coefficient (Wildman–Crippen LogP) is 3.17. The zero-order valence-corrected chi connectivity index (χ0v) is 9.76. The fourth-order valence-corrected chi connectivity index (χ4v) is 3.50. The van der Waals surface area contributed by atoms with Crippen LogP contribution < -0.4 is 0 Å². The molecule has 0 N–H and O–H groups in total. The molecular formula is C12H21NO. The first-order valence-electron chi connectivity index (χ1n) is 5.41. The van der Waals surface area contributed by atoms with E-state index in [1.165, 1.54) is 12.8 Å². The van der Waals surface area contributed by atoms with Crippen LogP contribution in [0.4, 0.5) is 0 Å². The van der Waals surface area contributed by atoms with Gasteiger partial charge in [-0.3, -0.25) is 0 Å². The van der Waals surface area contributed by atoms with E-state index >= 15 is 0 Å². The summed E-state index contributed by atoms with van der Waals surface area (Å²) in [4.78, 5) is 13.9. The normalized spacial score (nSPS) is 36.1. The van der Waals surface area contributed by atoms with E-state index < -0.39 is 0 Å². The van der Waals surface area contributed by atoms with Crippen molar-refractivity contribution in [2.24, 2.45) is 21.7 Å². The zero-order valence-electron chi connectivity index (χ0n) is 9.76. The van der Waals surface area contributed by atoms with E-state index in [1.807, 2.05) is 0 Å². The van der Waals surface area contributed by atoms with Gasteiger partial charge in [-0.15, -0.1) is 0 Å². The van der Waals surface area contributed by atoms with E-state index in [1.54, 1.807) is 6.08 Å². The molecule has 1 saturated carbocycles. The first-order valence-corrected chi connectivity index (χ1v) is 5.41. The van der Waals surface area contributed by atoms with Gasteiger partial charge in [0.05, 0.1) is 6.54 Å². The molecule has 2 atom stereocenters. The number of aliphatic imine (C=N–C) groups is 1. The highest BCUT2D eigenvalue weighted by atomic mass is 16.1. The topological polar surface area (TPSA) is 29.4 Å². The number of rotatable bonds is 2. The van der Waals surface area contributed by atoms with Crippen LogP contribution in [0.25, 0.3) is 0 Å². The second-order valence-electron chi connectivity index (χ2n) is 6.07. The Bertz CT molecular complexity index is 253. The van der Waals surface area contributed by atoms with Crippen molar-refractivity contribution in [3.05, 3.63) is 0 Å². The first-order chi connectivity index (χ1) is 6.37. The monoisotopic (exact) mass is 195 g/mol. The van der Waals surface area contributed by atoms with Gasteiger partial charge >= 0.3 is 0 Å². The van der Waals surface area contributed by atoms with Gasteiger partial charge in [0.15, 0.2) is 0 Å². The summed E-state index contributed by atoms with van der Waals surface area (Å²) >= 11 is 0. The molecule has 0 aliphatic heterocycles. The Kier molecular flexibility index (Phi) is 3.16. The molecule has 0 spiro atoms. The lowest BCUT2D eigenvalue weighted by Gasteiger charge is -2.45. The molecule has 0 radical (unpaired) electrons. The van der Waals surface area contributed by atoms with Gasteiger partial charge in [-0.05, 0) is 36.0 Å². The van der Waals surface area contributed by atoms with E-state index in [2.05, 4.69) is 32.7 Å². The van der Waals surface area contributed by atoms with Crippen molar-refractivity contribution in [2.45, 2.75) is 47.0 Å². The molecule has 0 saturated heterocycles. The Hall–Kier alpha value is -0.620. The van der Waals surface area contributed by atoms with Crippen molar-refractivity contribution in [1.29, 1.82) is 0 Å². The van der Waals surface area contributed by atoms with Crippen LogP contribution in [0.15, 0.2) is 4.99 Å². The maximum atomic E-state index is 10.1. The Morgan fingerprint density at radius 2 is 2.00 bits per heavy atom. The minimum Gasteiger partial charge on any atom is -0.211 e. The smallest absolute Gasteiger partial charge is 0.211 e. The lowest BCUT2D eigenvalue weighted by atomic mass is 9.61. The third-order valence-corrected chi connectivity index (χ3v) is 3.17. The van der Waals surface area contributed by atoms with Crippen LogP contribution in [0.1, 0.15) is 47.0 Å². The maximum Gasteiger partial charge on any atom is 0.234 e. The van der Waals surface area contributed by atoms with Gasteiger partial charge in [-0.2, -0.15) is 0 Å². The highest BCUT2D eigenvalue weighted by molar-refractivity contribution is 5.33. The van der Waals surface area contributed by atoms with Gasteiger partial charge in [0.1, 0.15) is 0 Å². The van der Waals surface area contributed by atoms with Crippen LogP contribution in [0, 0.1) is 16.7 Å². The Morgan fingerprint density at radius 1 is 1.36 bits per heavy atom. The van der Waals surface area contributed by atoms with Crippen LogP contribution in [0.3, 0.4) is 0 Å². The second-order valence-corrected chi connectivity index (χ2v) is 6.07. The molecule has 2 nitrogen and oxygen atoms in total. The molecular weight excluding hydrogens is 174 g/mol. The van der Waals surface area contributed by atoms with Gasteiger partial charge in [0.25, 0.3) is 0 Å². The molecule has 1 fully saturated rings. The van der Waals surface area contributed by atoms with Crippen LogP contribution in [0.5, 0.6) is 0 Å². The molecule has 80 valence electrons. The number of isocyanates is 1. The molecule has 2 heteroatoms. The molecule has 1 rings (SSSR count). The Balaban J connectivity index is 2.73.